The molecule has 0 spiro atoms. The Kier molecular flexibility index (Phi) is 8.11. The third-order valence-electron chi connectivity index (χ3n) is 6.11. The second kappa shape index (κ2) is 10.7. The molecule has 2 heterocycles. The maximum Gasteiger partial charge on any atom is 0.312 e. The van der Waals surface area contributed by atoms with Gasteiger partial charge in [0.1, 0.15) is 0 Å². The van der Waals surface area contributed by atoms with Crippen LogP contribution in [0.2, 0.25) is 0 Å². The maximum atomic E-state index is 12.9. The number of ether oxygens (including phenoxy) is 2. The van der Waals surface area contributed by atoms with Gasteiger partial charge in [-0.05, 0) is 44.9 Å². The third-order valence-corrected chi connectivity index (χ3v) is 8.16. The molecule has 10 nitrogen and oxygen atoms in total. The van der Waals surface area contributed by atoms with Gasteiger partial charge in [-0.2, -0.15) is 4.31 Å². The molecule has 1 aromatic heterocycles. The molecule has 1 saturated heterocycles. The zero-order valence-electron chi connectivity index (χ0n) is 19.9. The highest BCUT2D eigenvalue weighted by Crippen LogP contribution is 2.31. The fourth-order valence-corrected chi connectivity index (χ4v) is 5.69. The molecular weight excluding hydrogens is 462 g/mol. The number of aryl methyl sites for hydroxylation is 1. The van der Waals surface area contributed by atoms with Gasteiger partial charge in [-0.25, -0.2) is 8.42 Å². The number of sulfonamides is 1. The van der Waals surface area contributed by atoms with Crippen molar-refractivity contribution in [2.45, 2.75) is 58.1 Å². The van der Waals surface area contributed by atoms with E-state index >= 15 is 0 Å². The van der Waals surface area contributed by atoms with Gasteiger partial charge in [0.15, 0.2) is 12.4 Å². The fraction of sp³-hybridized carbons (Fsp3) is 0.522. The lowest BCUT2D eigenvalue weighted by molar-refractivity contribution is -0.386. The van der Waals surface area contributed by atoms with Crippen LogP contribution in [0, 0.1) is 24.0 Å². The van der Waals surface area contributed by atoms with E-state index < -0.39 is 27.2 Å². The first-order chi connectivity index (χ1) is 16.1. The van der Waals surface area contributed by atoms with Crippen LogP contribution in [0.3, 0.4) is 0 Å². The molecule has 1 fully saturated rings. The van der Waals surface area contributed by atoms with Gasteiger partial charge in [0, 0.05) is 49.3 Å². The van der Waals surface area contributed by atoms with Crippen LogP contribution in [-0.2, 0) is 21.3 Å². The van der Waals surface area contributed by atoms with Gasteiger partial charge in [0.05, 0.1) is 15.9 Å². The summed E-state index contributed by atoms with van der Waals surface area (Å²) in [5, 5.41) is 11.6. The number of nitro groups is 1. The SMILES string of the molecule is CCN(CC)S(=O)(=O)c1ccc(OCC(=O)c2cc(C)n(C[C@@H]3CCCO3)c2C)c([N+](=O)[O-])c1. The van der Waals surface area contributed by atoms with E-state index in [1.807, 2.05) is 18.4 Å². The number of benzene rings is 1. The lowest BCUT2D eigenvalue weighted by Crippen LogP contribution is -2.30. The Morgan fingerprint density at radius 3 is 2.56 bits per heavy atom. The average molecular weight is 494 g/mol. The minimum Gasteiger partial charge on any atom is -0.478 e. The molecule has 186 valence electrons. The standard InChI is InChI=1S/C23H31N3O7S/c1-5-24(6-2)34(30,31)19-9-10-23(21(13-19)26(28)29)33-15-22(27)20-12-16(3)25(17(20)4)14-18-8-7-11-32-18/h9-10,12-13,18H,5-8,11,14-15H2,1-4H3/t18-/m0/s1. The van der Waals surface area contributed by atoms with Crippen molar-refractivity contribution in [2.75, 3.05) is 26.3 Å². The van der Waals surface area contributed by atoms with Gasteiger partial charge in [-0.1, -0.05) is 13.8 Å². The van der Waals surface area contributed by atoms with E-state index in [1.54, 1.807) is 19.9 Å². The van der Waals surface area contributed by atoms with Crippen LogP contribution in [0.25, 0.3) is 0 Å². The van der Waals surface area contributed by atoms with Crippen molar-refractivity contribution in [2.24, 2.45) is 0 Å². The normalized spacial score (nSPS) is 16.2. The van der Waals surface area contributed by atoms with Gasteiger partial charge in [-0.3, -0.25) is 14.9 Å². The fourth-order valence-electron chi connectivity index (χ4n) is 4.21. The zero-order valence-corrected chi connectivity index (χ0v) is 20.8. The summed E-state index contributed by atoms with van der Waals surface area (Å²) in [6, 6.07) is 5.24. The summed E-state index contributed by atoms with van der Waals surface area (Å²) in [5.41, 5.74) is 1.69. The minimum absolute atomic E-state index is 0.123. The van der Waals surface area contributed by atoms with Crippen LogP contribution in [0.15, 0.2) is 29.2 Å². The van der Waals surface area contributed by atoms with Crippen LogP contribution in [-0.4, -0.2) is 60.4 Å². The summed E-state index contributed by atoms with van der Waals surface area (Å²) < 4.78 is 39.9. The van der Waals surface area contributed by atoms with Crippen LogP contribution >= 0.6 is 0 Å². The molecule has 2 aromatic rings. The van der Waals surface area contributed by atoms with Crippen LogP contribution in [0.5, 0.6) is 5.75 Å². The second-order valence-electron chi connectivity index (χ2n) is 8.22. The van der Waals surface area contributed by atoms with Gasteiger partial charge < -0.3 is 14.0 Å². The third kappa shape index (κ3) is 5.31. The number of carbonyl (C=O) groups is 1. The molecule has 3 rings (SSSR count). The van der Waals surface area contributed by atoms with E-state index in [0.717, 1.165) is 36.9 Å². The highest BCUT2D eigenvalue weighted by atomic mass is 32.2. The monoisotopic (exact) mass is 493 g/mol. The summed E-state index contributed by atoms with van der Waals surface area (Å²) in [7, 11) is -3.87. The highest BCUT2D eigenvalue weighted by Gasteiger charge is 2.27. The summed E-state index contributed by atoms with van der Waals surface area (Å²) in [4.78, 5) is 23.6. The number of carbonyl (C=O) groups excluding carboxylic acids is 1. The highest BCUT2D eigenvalue weighted by molar-refractivity contribution is 7.89. The lowest BCUT2D eigenvalue weighted by Gasteiger charge is -2.18. The average Bonchev–Trinajstić information content (AvgIpc) is 3.41. The van der Waals surface area contributed by atoms with Gasteiger partial charge in [0.25, 0.3) is 0 Å². The molecule has 1 aromatic carbocycles. The van der Waals surface area contributed by atoms with Crippen molar-refractivity contribution < 1.29 is 27.6 Å². The van der Waals surface area contributed by atoms with Crippen molar-refractivity contribution >= 4 is 21.5 Å². The van der Waals surface area contributed by atoms with Gasteiger partial charge in [0.2, 0.25) is 15.8 Å². The van der Waals surface area contributed by atoms with E-state index in [1.165, 1.54) is 16.4 Å². The topological polar surface area (TPSA) is 121 Å². The predicted molar refractivity (Wildman–Crippen MR) is 126 cm³/mol. The first kappa shape index (κ1) is 25.9. The second-order valence-corrected chi connectivity index (χ2v) is 10.2. The van der Waals surface area contributed by atoms with E-state index in [2.05, 4.69) is 0 Å². The largest absolute Gasteiger partial charge is 0.478 e. The Morgan fingerprint density at radius 2 is 1.97 bits per heavy atom. The minimum atomic E-state index is -3.87. The number of aromatic nitrogens is 1. The smallest absolute Gasteiger partial charge is 0.312 e. The molecule has 0 saturated carbocycles. The van der Waals surface area contributed by atoms with E-state index in [-0.39, 0.29) is 35.6 Å². The van der Waals surface area contributed by atoms with Crippen molar-refractivity contribution in [1.82, 2.24) is 8.87 Å². The molecule has 1 atom stereocenters. The molecule has 0 radical (unpaired) electrons. The molecule has 1 aliphatic heterocycles. The molecule has 0 N–H and O–H groups in total. The number of rotatable bonds is 11. The molecule has 11 heteroatoms. The van der Waals surface area contributed by atoms with Gasteiger partial charge in [-0.15, -0.1) is 0 Å². The quantitative estimate of drug-likeness (QED) is 0.267. The van der Waals surface area contributed by atoms with Crippen molar-refractivity contribution in [3.8, 4) is 5.75 Å². The summed E-state index contributed by atoms with van der Waals surface area (Å²) in [5.74, 6) is -0.481. The molecule has 0 amide bonds. The first-order valence-corrected chi connectivity index (χ1v) is 12.8. The molecule has 1 aliphatic rings. The summed E-state index contributed by atoms with van der Waals surface area (Å²) >= 11 is 0. The van der Waals surface area contributed by atoms with E-state index in [0.29, 0.717) is 12.1 Å². The zero-order chi connectivity index (χ0) is 25.0. The van der Waals surface area contributed by atoms with Crippen LogP contribution < -0.4 is 4.74 Å². The summed E-state index contributed by atoms with van der Waals surface area (Å²) in [6.07, 6.45) is 2.13. The predicted octanol–water partition coefficient (Wildman–Crippen LogP) is 3.48. The number of Topliss-reactive ketones (excluding diaryl/α,β-unsaturated/α-hetero) is 1. The van der Waals surface area contributed by atoms with E-state index in [4.69, 9.17) is 9.47 Å². The van der Waals surface area contributed by atoms with Crippen LogP contribution in [0.4, 0.5) is 5.69 Å². The Labute approximate surface area is 199 Å². The van der Waals surface area contributed by atoms with Crippen LogP contribution in [0.1, 0.15) is 48.4 Å². The maximum absolute atomic E-state index is 12.9. The molecule has 34 heavy (non-hydrogen) atoms. The molecule has 0 unspecified atom stereocenters. The van der Waals surface area contributed by atoms with E-state index in [9.17, 15) is 23.3 Å². The van der Waals surface area contributed by atoms with Crippen molar-refractivity contribution in [3.63, 3.8) is 0 Å². The number of hydrogen-bond donors (Lipinski definition) is 0. The lowest BCUT2D eigenvalue weighted by atomic mass is 10.1. The Balaban J connectivity index is 1.78. The van der Waals surface area contributed by atoms with Crippen molar-refractivity contribution in [3.05, 3.63) is 51.3 Å². The Hall–Kier alpha value is -2.76. The molecule has 0 bridgehead atoms. The Morgan fingerprint density at radius 1 is 1.26 bits per heavy atom. The molecular formula is C23H31N3O7S. The number of ketones is 1. The first-order valence-electron chi connectivity index (χ1n) is 11.3. The van der Waals surface area contributed by atoms with Crippen molar-refractivity contribution in [1.29, 1.82) is 0 Å². The Bertz CT molecular complexity index is 1160. The molecule has 0 aliphatic carbocycles. The number of nitro benzene ring substituents is 1. The number of nitrogens with zero attached hydrogens (tertiary/aromatic N) is 3. The van der Waals surface area contributed by atoms with Gasteiger partial charge >= 0.3 is 5.69 Å². The number of hydrogen-bond acceptors (Lipinski definition) is 7. The summed E-state index contributed by atoms with van der Waals surface area (Å²) in [6.45, 7) is 8.64.